The van der Waals surface area contributed by atoms with E-state index >= 15 is 0 Å². The van der Waals surface area contributed by atoms with E-state index in [0.29, 0.717) is 0 Å². The first kappa shape index (κ1) is 40.1. The highest BCUT2D eigenvalue weighted by Crippen LogP contribution is 2.47. The lowest BCUT2D eigenvalue weighted by molar-refractivity contribution is 0.589. The number of nitrogens with zero attached hydrogens (tertiary/aromatic N) is 2. The standard InChI is InChI=1S/C58H59BN2O/c1-55(2,3)38-20-26-43(27-21-38)61-49-29-23-40(57(7,8)9)33-47(49)59-46-32-39(56(4,5)6)22-28-48(46)60(50-34-41(58(10,11)12)35-51(61)54(50)59)42-24-17-36(18-25-42)37-19-30-53-45(31-37)44-15-13-14-16-52(44)62-53/h13-35H,1-12H3. The highest BCUT2D eigenvalue weighted by atomic mass is 16.3. The monoisotopic (exact) mass is 810 g/mol. The van der Waals surface area contributed by atoms with Crippen molar-refractivity contribution < 1.29 is 4.42 Å². The smallest absolute Gasteiger partial charge is 0.252 e. The van der Waals surface area contributed by atoms with Crippen LogP contribution < -0.4 is 26.2 Å². The molecule has 2 aliphatic rings. The number of hydrogen-bond acceptors (Lipinski definition) is 3. The predicted octanol–water partition coefficient (Wildman–Crippen LogP) is 14.5. The number of anilines is 6. The Bertz CT molecular complexity index is 3050. The second-order valence-corrected chi connectivity index (χ2v) is 22.0. The maximum Gasteiger partial charge on any atom is 0.252 e. The van der Waals surface area contributed by atoms with Crippen molar-refractivity contribution >= 4 is 79.2 Å². The second kappa shape index (κ2) is 13.8. The first-order valence-electron chi connectivity index (χ1n) is 22.5. The lowest BCUT2D eigenvalue weighted by Crippen LogP contribution is -2.61. The number of benzene rings is 7. The molecule has 0 fully saturated rings. The third kappa shape index (κ3) is 6.57. The number of furan rings is 1. The summed E-state index contributed by atoms with van der Waals surface area (Å²) in [5.41, 5.74) is 20.9. The van der Waals surface area contributed by atoms with Gasteiger partial charge in [0.15, 0.2) is 0 Å². The van der Waals surface area contributed by atoms with Crippen LogP contribution in [-0.4, -0.2) is 6.71 Å². The summed E-state index contributed by atoms with van der Waals surface area (Å²) in [6, 6.07) is 53.0. The molecule has 7 aromatic carbocycles. The van der Waals surface area contributed by atoms with Gasteiger partial charge in [-0.05, 0) is 138 Å². The fourth-order valence-corrected chi connectivity index (χ4v) is 9.75. The van der Waals surface area contributed by atoms with Gasteiger partial charge in [0.2, 0.25) is 0 Å². The molecule has 310 valence electrons. The zero-order valence-corrected chi connectivity index (χ0v) is 38.7. The van der Waals surface area contributed by atoms with E-state index in [1.165, 1.54) is 78.2 Å². The molecule has 0 atom stereocenters. The van der Waals surface area contributed by atoms with Crippen LogP contribution >= 0.6 is 0 Å². The van der Waals surface area contributed by atoms with Crippen molar-refractivity contribution in [3.8, 4) is 11.1 Å². The van der Waals surface area contributed by atoms with Crippen LogP contribution in [0.2, 0.25) is 0 Å². The zero-order chi connectivity index (χ0) is 43.7. The Kier molecular flexibility index (Phi) is 8.89. The Labute approximate surface area is 369 Å². The molecule has 0 saturated heterocycles. The van der Waals surface area contributed by atoms with Crippen molar-refractivity contribution in [3.05, 3.63) is 162 Å². The van der Waals surface area contributed by atoms with Crippen molar-refractivity contribution in [2.45, 2.75) is 105 Å². The molecule has 0 spiro atoms. The third-order valence-electron chi connectivity index (χ3n) is 13.5. The van der Waals surface area contributed by atoms with E-state index in [-0.39, 0.29) is 28.4 Å². The Hall–Kier alpha value is -6.00. The molecule has 0 saturated carbocycles. The van der Waals surface area contributed by atoms with Gasteiger partial charge < -0.3 is 14.2 Å². The first-order valence-corrected chi connectivity index (χ1v) is 22.5. The summed E-state index contributed by atoms with van der Waals surface area (Å²) in [5.74, 6) is 0. The number of para-hydroxylation sites is 1. The molecule has 0 bridgehead atoms. The summed E-state index contributed by atoms with van der Waals surface area (Å²) in [5, 5.41) is 2.29. The van der Waals surface area contributed by atoms with Crippen LogP contribution in [0.25, 0.3) is 33.1 Å². The van der Waals surface area contributed by atoms with Gasteiger partial charge in [-0.25, -0.2) is 0 Å². The van der Waals surface area contributed by atoms with Crippen molar-refractivity contribution in [2.75, 3.05) is 9.80 Å². The highest BCUT2D eigenvalue weighted by molar-refractivity contribution is 7.00. The minimum Gasteiger partial charge on any atom is -0.456 e. The number of rotatable bonds is 3. The summed E-state index contributed by atoms with van der Waals surface area (Å²) >= 11 is 0. The van der Waals surface area contributed by atoms with Gasteiger partial charge in [0.25, 0.3) is 6.71 Å². The fraction of sp³-hybridized carbons (Fsp3) is 0.276. The molecular formula is C58H59BN2O. The van der Waals surface area contributed by atoms with Gasteiger partial charge in [-0.15, -0.1) is 0 Å². The van der Waals surface area contributed by atoms with Crippen LogP contribution in [0.5, 0.6) is 0 Å². The molecule has 8 aromatic rings. The van der Waals surface area contributed by atoms with E-state index in [1.807, 2.05) is 12.1 Å². The minimum absolute atomic E-state index is 0.0127. The fourth-order valence-electron chi connectivity index (χ4n) is 9.75. The van der Waals surface area contributed by atoms with Crippen LogP contribution in [0, 0.1) is 0 Å². The quantitative estimate of drug-likeness (QED) is 0.166. The molecule has 3 nitrogen and oxygen atoms in total. The summed E-state index contributed by atoms with van der Waals surface area (Å²) < 4.78 is 6.19. The average molecular weight is 811 g/mol. The van der Waals surface area contributed by atoms with Crippen molar-refractivity contribution in [1.29, 1.82) is 0 Å². The molecule has 4 heteroatoms. The molecule has 0 radical (unpaired) electrons. The molecule has 0 N–H and O–H groups in total. The molecule has 2 aliphatic heterocycles. The second-order valence-electron chi connectivity index (χ2n) is 22.0. The molecule has 1 aromatic heterocycles. The third-order valence-corrected chi connectivity index (χ3v) is 13.5. The predicted molar refractivity (Wildman–Crippen MR) is 268 cm³/mol. The van der Waals surface area contributed by atoms with E-state index in [9.17, 15) is 0 Å². The van der Waals surface area contributed by atoms with E-state index in [2.05, 4.69) is 220 Å². The molecule has 0 aliphatic carbocycles. The molecule has 0 unspecified atom stereocenters. The van der Waals surface area contributed by atoms with Crippen LogP contribution in [-0.2, 0) is 21.7 Å². The molecule has 0 amide bonds. The van der Waals surface area contributed by atoms with Gasteiger partial charge in [-0.3, -0.25) is 0 Å². The van der Waals surface area contributed by atoms with Crippen molar-refractivity contribution in [1.82, 2.24) is 0 Å². The summed E-state index contributed by atoms with van der Waals surface area (Å²) in [7, 11) is 0. The van der Waals surface area contributed by atoms with E-state index in [1.54, 1.807) is 0 Å². The van der Waals surface area contributed by atoms with E-state index in [4.69, 9.17) is 4.42 Å². The van der Waals surface area contributed by atoms with Crippen LogP contribution in [0.1, 0.15) is 105 Å². The van der Waals surface area contributed by atoms with Gasteiger partial charge in [0, 0.05) is 44.9 Å². The van der Waals surface area contributed by atoms with Crippen LogP contribution in [0.4, 0.5) is 34.1 Å². The summed E-state index contributed by atoms with van der Waals surface area (Å²) in [6.07, 6.45) is 0. The van der Waals surface area contributed by atoms with Gasteiger partial charge in [0.05, 0.1) is 0 Å². The Morgan fingerprint density at radius 1 is 0.371 bits per heavy atom. The highest BCUT2D eigenvalue weighted by Gasteiger charge is 2.45. The average Bonchev–Trinajstić information content (AvgIpc) is 3.60. The largest absolute Gasteiger partial charge is 0.456 e. The zero-order valence-electron chi connectivity index (χ0n) is 38.7. The van der Waals surface area contributed by atoms with E-state index < -0.39 is 0 Å². The summed E-state index contributed by atoms with van der Waals surface area (Å²) in [4.78, 5) is 5.12. The van der Waals surface area contributed by atoms with Gasteiger partial charge >= 0.3 is 0 Å². The molecule has 10 rings (SSSR count). The van der Waals surface area contributed by atoms with Crippen LogP contribution in [0.15, 0.2) is 144 Å². The summed E-state index contributed by atoms with van der Waals surface area (Å²) in [6.45, 7) is 28.0. The van der Waals surface area contributed by atoms with Gasteiger partial charge in [0.1, 0.15) is 11.2 Å². The normalized spacial score (nSPS) is 14.0. The van der Waals surface area contributed by atoms with E-state index in [0.717, 1.165) is 27.6 Å². The van der Waals surface area contributed by atoms with Crippen molar-refractivity contribution in [2.24, 2.45) is 0 Å². The lowest BCUT2D eigenvalue weighted by Gasteiger charge is -2.45. The maximum absolute atomic E-state index is 6.19. The lowest BCUT2D eigenvalue weighted by atomic mass is 9.33. The number of fused-ring (bicyclic) bond motifs is 7. The van der Waals surface area contributed by atoms with Gasteiger partial charge in [-0.2, -0.15) is 0 Å². The Balaban J connectivity index is 1.23. The molecule has 3 heterocycles. The topological polar surface area (TPSA) is 19.6 Å². The maximum atomic E-state index is 6.19. The molecule has 62 heavy (non-hydrogen) atoms. The van der Waals surface area contributed by atoms with Gasteiger partial charge in [-0.1, -0.05) is 156 Å². The Morgan fingerprint density at radius 2 is 0.823 bits per heavy atom. The minimum atomic E-state index is -0.0963. The van der Waals surface area contributed by atoms with Crippen LogP contribution in [0.3, 0.4) is 0 Å². The van der Waals surface area contributed by atoms with Crippen molar-refractivity contribution in [3.63, 3.8) is 0 Å². The molecular weight excluding hydrogens is 751 g/mol. The number of hydrogen-bond donors (Lipinski definition) is 0. The SMILES string of the molecule is CC(C)(C)c1ccc(N2c3ccc(C(C)(C)C)cc3B3c4cc(C(C)(C)C)ccc4N(c4ccc(-c5ccc6oc7ccccc7c6c5)cc4)c4cc(C(C)(C)C)cc2c43)cc1. The first-order chi connectivity index (χ1) is 29.3. The Morgan fingerprint density at radius 3 is 1.34 bits per heavy atom.